The maximum absolute atomic E-state index is 11.9. The van der Waals surface area contributed by atoms with Crippen molar-refractivity contribution in [2.75, 3.05) is 18.5 Å². The van der Waals surface area contributed by atoms with Crippen molar-refractivity contribution >= 4 is 17.6 Å². The zero-order chi connectivity index (χ0) is 12.7. The first-order valence-electron chi connectivity index (χ1n) is 5.71. The van der Waals surface area contributed by atoms with E-state index in [9.17, 15) is 14.4 Å². The Labute approximate surface area is 101 Å². The molecule has 3 rings (SSSR count). The number of rotatable bonds is 1. The number of imidazole rings is 1. The number of ether oxygens (including phenoxy) is 1. The minimum Gasteiger partial charge on any atom is -0.474 e. The number of carbonyl (C=O) groups is 2. The van der Waals surface area contributed by atoms with Crippen LogP contribution in [0.5, 0.6) is 5.88 Å². The van der Waals surface area contributed by atoms with Crippen molar-refractivity contribution < 1.29 is 14.3 Å². The van der Waals surface area contributed by atoms with Crippen molar-refractivity contribution in [3.63, 3.8) is 0 Å². The number of H-pyrrole nitrogens is 1. The van der Waals surface area contributed by atoms with Gasteiger partial charge in [-0.2, -0.15) is 0 Å². The van der Waals surface area contributed by atoms with Gasteiger partial charge in [-0.3, -0.25) is 19.9 Å². The van der Waals surface area contributed by atoms with Gasteiger partial charge in [0.05, 0.1) is 6.54 Å². The van der Waals surface area contributed by atoms with Gasteiger partial charge in [0.2, 0.25) is 17.7 Å². The van der Waals surface area contributed by atoms with E-state index in [1.165, 1.54) is 4.57 Å². The van der Waals surface area contributed by atoms with Gasteiger partial charge < -0.3 is 10.1 Å². The Morgan fingerprint density at radius 2 is 2.11 bits per heavy atom. The lowest BCUT2D eigenvalue weighted by atomic mass is 10.1. The largest absolute Gasteiger partial charge is 0.474 e. The van der Waals surface area contributed by atoms with Crippen molar-refractivity contribution in [1.82, 2.24) is 14.9 Å². The molecule has 1 unspecified atom stereocenters. The quantitative estimate of drug-likeness (QED) is 0.553. The van der Waals surface area contributed by atoms with E-state index in [2.05, 4.69) is 15.6 Å². The molecule has 0 aromatic carbocycles. The summed E-state index contributed by atoms with van der Waals surface area (Å²) in [6.45, 7) is 1.03. The van der Waals surface area contributed by atoms with Crippen LogP contribution in [0.2, 0.25) is 0 Å². The van der Waals surface area contributed by atoms with Crippen molar-refractivity contribution in [2.45, 2.75) is 18.9 Å². The van der Waals surface area contributed by atoms with Gasteiger partial charge in [0.1, 0.15) is 12.6 Å². The highest BCUT2D eigenvalue weighted by Gasteiger charge is 2.33. The van der Waals surface area contributed by atoms with Crippen LogP contribution in [0.25, 0.3) is 0 Å². The molecule has 0 radical (unpaired) electrons. The lowest BCUT2D eigenvalue weighted by Crippen LogP contribution is -2.44. The van der Waals surface area contributed by atoms with Crippen LogP contribution in [0.3, 0.4) is 0 Å². The average Bonchev–Trinajstić information content (AvgIpc) is 2.66. The Morgan fingerprint density at radius 1 is 1.28 bits per heavy atom. The maximum Gasteiger partial charge on any atom is 0.330 e. The molecule has 2 aliphatic rings. The Balaban J connectivity index is 2.01. The first-order valence-corrected chi connectivity index (χ1v) is 5.71. The zero-order valence-corrected chi connectivity index (χ0v) is 9.49. The molecule has 1 saturated heterocycles. The van der Waals surface area contributed by atoms with Crippen molar-refractivity contribution in [2.24, 2.45) is 0 Å². The van der Waals surface area contributed by atoms with Crippen LogP contribution in [0.15, 0.2) is 4.79 Å². The summed E-state index contributed by atoms with van der Waals surface area (Å²) in [5.41, 5.74) is -0.413. The Bertz CT molecular complexity index is 573. The van der Waals surface area contributed by atoms with Crippen molar-refractivity contribution in [3.05, 3.63) is 10.5 Å². The van der Waals surface area contributed by atoms with Crippen molar-refractivity contribution in [3.8, 4) is 5.88 Å². The molecule has 0 spiro atoms. The molecule has 3 heterocycles. The molecule has 2 amide bonds. The monoisotopic (exact) mass is 252 g/mol. The Hall–Kier alpha value is -2.25. The lowest BCUT2D eigenvalue weighted by Gasteiger charge is -2.24. The molecule has 1 fully saturated rings. The summed E-state index contributed by atoms with van der Waals surface area (Å²) in [6, 6.07) is -0.699. The number of aromatic nitrogens is 2. The fraction of sp³-hybridized carbons (Fsp3) is 0.500. The molecule has 1 atom stereocenters. The number of carbonyl (C=O) groups excluding carboxylic acids is 2. The van der Waals surface area contributed by atoms with E-state index in [1.807, 2.05) is 0 Å². The fourth-order valence-corrected chi connectivity index (χ4v) is 2.23. The van der Waals surface area contributed by atoms with E-state index < -0.39 is 17.6 Å². The van der Waals surface area contributed by atoms with Crippen LogP contribution < -0.4 is 21.1 Å². The molecule has 2 aliphatic heterocycles. The van der Waals surface area contributed by atoms with Crippen molar-refractivity contribution in [1.29, 1.82) is 0 Å². The molecule has 8 nitrogen and oxygen atoms in total. The molecule has 8 heteroatoms. The Morgan fingerprint density at radius 3 is 2.89 bits per heavy atom. The Kier molecular flexibility index (Phi) is 2.35. The van der Waals surface area contributed by atoms with Gasteiger partial charge in [-0.05, 0) is 6.42 Å². The maximum atomic E-state index is 11.9. The lowest BCUT2D eigenvalue weighted by molar-refractivity contribution is -0.135. The van der Waals surface area contributed by atoms with Gasteiger partial charge in [-0.25, -0.2) is 9.36 Å². The second kappa shape index (κ2) is 3.90. The van der Waals surface area contributed by atoms with Gasteiger partial charge in [0.15, 0.2) is 5.82 Å². The predicted molar refractivity (Wildman–Crippen MR) is 60.5 cm³/mol. The summed E-state index contributed by atoms with van der Waals surface area (Å²) in [6.07, 6.45) is 0.522. The number of amides is 2. The third-order valence-electron chi connectivity index (χ3n) is 3.05. The summed E-state index contributed by atoms with van der Waals surface area (Å²) >= 11 is 0. The number of imide groups is 1. The number of nitrogens with one attached hydrogen (secondary N) is 3. The van der Waals surface area contributed by atoms with Crippen LogP contribution in [0.1, 0.15) is 18.9 Å². The van der Waals surface area contributed by atoms with Gasteiger partial charge in [-0.15, -0.1) is 0 Å². The standard InChI is InChI=1S/C10H12N4O4/c15-6-2-1-5(8(16)12-6)14-9-7(13-10(14)17)11-3-4-18-9/h5,11H,1-4H2,(H,13,17)(H,12,15,16). The van der Waals surface area contributed by atoms with Crippen LogP contribution >= 0.6 is 0 Å². The van der Waals surface area contributed by atoms with Gasteiger partial charge >= 0.3 is 5.69 Å². The van der Waals surface area contributed by atoms with E-state index in [0.29, 0.717) is 31.3 Å². The third-order valence-corrected chi connectivity index (χ3v) is 3.05. The molecule has 1 aromatic heterocycles. The summed E-state index contributed by atoms with van der Waals surface area (Å²) in [7, 11) is 0. The topological polar surface area (TPSA) is 105 Å². The van der Waals surface area contributed by atoms with Crippen LogP contribution in [-0.2, 0) is 9.59 Å². The SMILES string of the molecule is O=C1CCC(n2c3c([nH]c2=O)NCCO3)C(=O)N1. The predicted octanol–water partition coefficient (Wildman–Crippen LogP) is -1.04. The van der Waals surface area contributed by atoms with E-state index >= 15 is 0 Å². The number of hydrogen-bond acceptors (Lipinski definition) is 5. The average molecular weight is 252 g/mol. The molecule has 0 saturated carbocycles. The second-order valence-electron chi connectivity index (χ2n) is 4.22. The smallest absolute Gasteiger partial charge is 0.330 e. The first kappa shape index (κ1) is 10.9. The van der Waals surface area contributed by atoms with Gasteiger partial charge in [0, 0.05) is 6.42 Å². The fourth-order valence-electron chi connectivity index (χ4n) is 2.23. The van der Waals surface area contributed by atoms with E-state index in [4.69, 9.17) is 4.74 Å². The highest BCUT2D eigenvalue weighted by molar-refractivity contribution is 5.99. The third kappa shape index (κ3) is 1.57. The summed E-state index contributed by atoms with van der Waals surface area (Å²) in [5.74, 6) is 0.0359. The van der Waals surface area contributed by atoms with Crippen LogP contribution in [0, 0.1) is 0 Å². The minimum atomic E-state index is -0.699. The molecular weight excluding hydrogens is 240 g/mol. The highest BCUT2D eigenvalue weighted by Crippen LogP contribution is 2.29. The molecule has 96 valence electrons. The molecule has 3 N–H and O–H groups in total. The van der Waals surface area contributed by atoms with E-state index in [1.54, 1.807) is 0 Å². The molecule has 1 aromatic rings. The number of anilines is 1. The molecular formula is C10H12N4O4. The number of aromatic amines is 1. The first-order chi connectivity index (χ1) is 8.66. The van der Waals surface area contributed by atoms with E-state index in [0.717, 1.165) is 0 Å². The molecule has 18 heavy (non-hydrogen) atoms. The summed E-state index contributed by atoms with van der Waals surface area (Å²) in [5, 5.41) is 5.21. The van der Waals surface area contributed by atoms with Gasteiger partial charge in [-0.1, -0.05) is 0 Å². The number of piperidine rings is 1. The normalized spacial score (nSPS) is 22.8. The zero-order valence-electron chi connectivity index (χ0n) is 9.49. The highest BCUT2D eigenvalue weighted by atomic mass is 16.5. The molecule has 0 aliphatic carbocycles. The van der Waals surface area contributed by atoms with Crippen LogP contribution in [-0.4, -0.2) is 34.5 Å². The molecule has 0 bridgehead atoms. The second-order valence-corrected chi connectivity index (χ2v) is 4.22. The number of nitrogens with zero attached hydrogens (tertiary/aromatic N) is 1. The minimum absolute atomic E-state index is 0.218. The van der Waals surface area contributed by atoms with E-state index in [-0.39, 0.29) is 12.3 Å². The number of fused-ring (bicyclic) bond motifs is 1. The summed E-state index contributed by atoms with van der Waals surface area (Å²) < 4.78 is 6.68. The van der Waals surface area contributed by atoms with Gasteiger partial charge in [0.25, 0.3) is 0 Å². The van der Waals surface area contributed by atoms with Crippen LogP contribution in [0.4, 0.5) is 5.82 Å². The number of hydrogen-bond donors (Lipinski definition) is 3. The summed E-state index contributed by atoms with van der Waals surface area (Å²) in [4.78, 5) is 37.3.